The summed E-state index contributed by atoms with van der Waals surface area (Å²) in [6.45, 7) is 5.29. The van der Waals surface area contributed by atoms with E-state index in [-0.39, 0.29) is 5.91 Å². The molecule has 3 aromatic carbocycles. The van der Waals surface area contributed by atoms with Crippen LogP contribution >= 0.6 is 11.6 Å². The van der Waals surface area contributed by atoms with Crippen LogP contribution in [0.1, 0.15) is 22.6 Å². The molecule has 1 amide bonds. The predicted molar refractivity (Wildman–Crippen MR) is 150 cm³/mol. The van der Waals surface area contributed by atoms with Crippen molar-refractivity contribution in [2.45, 2.75) is 12.5 Å². The molecule has 0 bridgehead atoms. The summed E-state index contributed by atoms with van der Waals surface area (Å²) in [5, 5.41) is 4.62. The number of nitrogens with zero attached hydrogens (tertiary/aromatic N) is 4. The summed E-state index contributed by atoms with van der Waals surface area (Å²) in [5.74, 6) is -0.651. The van der Waals surface area contributed by atoms with Crippen LogP contribution in [0, 0.1) is 0 Å². The minimum atomic E-state index is -0.543. The number of hydrogen-bond acceptors (Lipinski definition) is 5. The average molecular weight is 510 g/mol. The highest BCUT2D eigenvalue weighted by Gasteiger charge is 2.35. The number of anilines is 1. The molecule has 1 fully saturated rings. The van der Waals surface area contributed by atoms with Crippen molar-refractivity contribution in [1.29, 1.82) is 0 Å². The fourth-order valence-electron chi connectivity index (χ4n) is 5.11. The Balaban J connectivity index is 1.37. The molecule has 2 aliphatic heterocycles. The molecule has 3 heterocycles. The normalized spacial score (nSPS) is 18.7. The van der Waals surface area contributed by atoms with Gasteiger partial charge in [0.05, 0.1) is 16.9 Å². The van der Waals surface area contributed by atoms with Gasteiger partial charge in [0, 0.05) is 55.0 Å². The lowest BCUT2D eigenvalue weighted by atomic mass is 9.90. The first-order chi connectivity index (χ1) is 18.0. The number of aromatic nitrogens is 1. The summed E-state index contributed by atoms with van der Waals surface area (Å²) in [7, 11) is 2.17. The van der Waals surface area contributed by atoms with E-state index in [1.807, 2.05) is 54.6 Å². The molecule has 1 N–H and O–H groups in total. The quantitative estimate of drug-likeness (QED) is 0.361. The van der Waals surface area contributed by atoms with E-state index >= 15 is 0 Å². The van der Waals surface area contributed by atoms with Crippen LogP contribution in [0.25, 0.3) is 10.9 Å². The summed E-state index contributed by atoms with van der Waals surface area (Å²) in [6.07, 6.45) is 1.78. The van der Waals surface area contributed by atoms with Crippen LogP contribution in [0.3, 0.4) is 0 Å². The Labute approximate surface area is 221 Å². The smallest absolute Gasteiger partial charge is 0.238 e. The zero-order chi connectivity index (χ0) is 25.4. The molecule has 7 heteroatoms. The van der Waals surface area contributed by atoms with Crippen molar-refractivity contribution in [3.8, 4) is 0 Å². The third kappa shape index (κ3) is 5.01. The standard InChI is InChI=1S/C30H28ClN5O/c1-35-13-15-36(16-14-35)19-20-4-9-24(10-5-20)33-29(22-7-6-21-3-2-12-32-26(21)17-22)28-25-11-8-23(31)18-27(25)34-30(28)37/h2-12,17-18,28H,13-16,19H2,1H3,(H,34,37). The zero-order valence-corrected chi connectivity index (χ0v) is 21.4. The van der Waals surface area contributed by atoms with E-state index < -0.39 is 5.92 Å². The number of carbonyl (C=O) groups is 1. The van der Waals surface area contributed by atoms with E-state index in [4.69, 9.17) is 16.6 Å². The summed E-state index contributed by atoms with van der Waals surface area (Å²) in [5.41, 5.74) is 6.11. The van der Waals surface area contributed by atoms with Crippen molar-refractivity contribution in [2.24, 2.45) is 4.99 Å². The van der Waals surface area contributed by atoms with Crippen LogP contribution in [0.4, 0.5) is 11.4 Å². The molecule has 0 saturated carbocycles. The van der Waals surface area contributed by atoms with E-state index in [0.717, 1.165) is 66.1 Å². The molecule has 4 aromatic rings. The van der Waals surface area contributed by atoms with E-state index in [9.17, 15) is 4.79 Å². The first kappa shape index (κ1) is 23.8. The fraction of sp³-hybridized carbons (Fsp3) is 0.233. The average Bonchev–Trinajstić information content (AvgIpc) is 3.23. The monoisotopic (exact) mass is 509 g/mol. The lowest BCUT2D eigenvalue weighted by Gasteiger charge is -2.32. The molecule has 0 spiro atoms. The summed E-state index contributed by atoms with van der Waals surface area (Å²) in [4.78, 5) is 27.7. The molecular weight excluding hydrogens is 482 g/mol. The number of nitrogens with one attached hydrogen (secondary N) is 1. The highest BCUT2D eigenvalue weighted by Crippen LogP contribution is 2.38. The second-order valence-electron chi connectivity index (χ2n) is 9.81. The Morgan fingerprint density at radius 3 is 2.65 bits per heavy atom. The van der Waals surface area contributed by atoms with Crippen molar-refractivity contribution in [2.75, 3.05) is 38.5 Å². The molecule has 37 heavy (non-hydrogen) atoms. The number of benzene rings is 3. The SMILES string of the molecule is CN1CCN(Cc2ccc(N=C(c3ccc4cccnc4c3)C3C(=O)Nc4cc(Cl)ccc43)cc2)CC1. The Hall–Kier alpha value is -3.58. The molecule has 0 radical (unpaired) electrons. The van der Waals surface area contributed by atoms with E-state index in [2.05, 4.69) is 39.3 Å². The minimum Gasteiger partial charge on any atom is -0.325 e. The van der Waals surface area contributed by atoms with Crippen LogP contribution in [0.2, 0.25) is 5.02 Å². The molecule has 2 aliphatic rings. The first-order valence-electron chi connectivity index (χ1n) is 12.6. The van der Waals surface area contributed by atoms with Crippen molar-refractivity contribution >= 4 is 45.5 Å². The van der Waals surface area contributed by atoms with Crippen LogP contribution in [0.15, 0.2) is 84.0 Å². The Kier molecular flexibility index (Phi) is 6.47. The van der Waals surface area contributed by atoms with Crippen LogP contribution in [0.5, 0.6) is 0 Å². The molecule has 6 rings (SSSR count). The van der Waals surface area contributed by atoms with Crippen LogP contribution < -0.4 is 5.32 Å². The highest BCUT2D eigenvalue weighted by atomic mass is 35.5. The molecule has 186 valence electrons. The maximum absolute atomic E-state index is 13.3. The Bertz CT molecular complexity index is 1490. The minimum absolute atomic E-state index is 0.108. The third-order valence-corrected chi connectivity index (χ3v) is 7.44. The number of likely N-dealkylation sites (N-methyl/N-ethyl adjacent to an activating group) is 1. The Morgan fingerprint density at radius 2 is 1.84 bits per heavy atom. The van der Waals surface area contributed by atoms with Gasteiger partial charge in [-0.3, -0.25) is 19.7 Å². The van der Waals surface area contributed by atoms with Crippen molar-refractivity contribution in [3.63, 3.8) is 0 Å². The lowest BCUT2D eigenvalue weighted by molar-refractivity contribution is -0.115. The Morgan fingerprint density at radius 1 is 1.03 bits per heavy atom. The van der Waals surface area contributed by atoms with Crippen molar-refractivity contribution in [1.82, 2.24) is 14.8 Å². The number of rotatable bonds is 5. The topological polar surface area (TPSA) is 60.8 Å². The number of halogens is 1. The number of fused-ring (bicyclic) bond motifs is 2. The van der Waals surface area contributed by atoms with Gasteiger partial charge in [-0.1, -0.05) is 48.0 Å². The lowest BCUT2D eigenvalue weighted by Crippen LogP contribution is -2.43. The summed E-state index contributed by atoms with van der Waals surface area (Å²) >= 11 is 6.21. The van der Waals surface area contributed by atoms with Gasteiger partial charge in [0.15, 0.2) is 0 Å². The summed E-state index contributed by atoms with van der Waals surface area (Å²) in [6, 6.07) is 23.9. The van der Waals surface area contributed by atoms with Crippen molar-refractivity contribution < 1.29 is 4.79 Å². The fourth-order valence-corrected chi connectivity index (χ4v) is 5.28. The second kappa shape index (κ2) is 10.1. The second-order valence-corrected chi connectivity index (χ2v) is 10.2. The van der Waals surface area contributed by atoms with Crippen molar-refractivity contribution in [3.05, 3.63) is 101 Å². The van der Waals surface area contributed by atoms with Gasteiger partial charge in [0.2, 0.25) is 5.91 Å². The number of carbonyl (C=O) groups excluding carboxylic acids is 1. The van der Waals surface area contributed by atoms with Gasteiger partial charge in [-0.15, -0.1) is 0 Å². The van der Waals surface area contributed by atoms with E-state index in [0.29, 0.717) is 10.7 Å². The number of amides is 1. The zero-order valence-electron chi connectivity index (χ0n) is 20.7. The molecule has 6 nitrogen and oxygen atoms in total. The molecule has 0 aliphatic carbocycles. The van der Waals surface area contributed by atoms with Crippen LogP contribution in [-0.4, -0.2) is 59.6 Å². The molecule has 1 aromatic heterocycles. The predicted octanol–water partition coefficient (Wildman–Crippen LogP) is 5.49. The third-order valence-electron chi connectivity index (χ3n) is 7.21. The van der Waals surface area contributed by atoms with E-state index in [1.165, 1.54) is 5.56 Å². The largest absolute Gasteiger partial charge is 0.325 e. The van der Waals surface area contributed by atoms with Gasteiger partial charge < -0.3 is 10.2 Å². The van der Waals surface area contributed by atoms with Gasteiger partial charge in [0.1, 0.15) is 5.92 Å². The summed E-state index contributed by atoms with van der Waals surface area (Å²) < 4.78 is 0. The molecule has 1 unspecified atom stereocenters. The van der Waals surface area contributed by atoms with Gasteiger partial charge in [-0.25, -0.2) is 0 Å². The van der Waals surface area contributed by atoms with Gasteiger partial charge in [0.25, 0.3) is 0 Å². The number of hydrogen-bond donors (Lipinski definition) is 1. The number of pyridine rings is 1. The maximum Gasteiger partial charge on any atom is 0.238 e. The molecular formula is C30H28ClN5O. The maximum atomic E-state index is 13.3. The molecule has 1 atom stereocenters. The first-order valence-corrected chi connectivity index (χ1v) is 13.0. The number of aliphatic imine (C=N–C) groups is 1. The highest BCUT2D eigenvalue weighted by molar-refractivity contribution is 6.31. The van der Waals surface area contributed by atoms with Gasteiger partial charge in [-0.2, -0.15) is 0 Å². The molecule has 1 saturated heterocycles. The van der Waals surface area contributed by atoms with Crippen LogP contribution in [-0.2, 0) is 11.3 Å². The van der Waals surface area contributed by atoms with E-state index in [1.54, 1.807) is 12.3 Å². The van der Waals surface area contributed by atoms with Gasteiger partial charge in [-0.05, 0) is 60.1 Å². The van der Waals surface area contributed by atoms with Gasteiger partial charge >= 0.3 is 0 Å². The number of piperazine rings is 1.